The summed E-state index contributed by atoms with van der Waals surface area (Å²) in [6.45, 7) is 2.85. The molecule has 1 rings (SSSR count). The van der Waals surface area contributed by atoms with Gasteiger partial charge < -0.3 is 16.4 Å². The first-order valence-electron chi connectivity index (χ1n) is 6.23. The molecule has 4 N–H and O–H groups in total. The third-order valence-corrected chi connectivity index (χ3v) is 2.39. The van der Waals surface area contributed by atoms with Crippen LogP contribution in [0.25, 0.3) is 0 Å². The molecule has 0 aliphatic rings. The van der Waals surface area contributed by atoms with Gasteiger partial charge in [-0.3, -0.25) is 4.79 Å². The van der Waals surface area contributed by atoms with Gasteiger partial charge in [-0.05, 0) is 12.8 Å². The van der Waals surface area contributed by atoms with Crippen molar-refractivity contribution in [3.63, 3.8) is 0 Å². The molecule has 1 aromatic heterocycles. The number of amides is 1. The van der Waals surface area contributed by atoms with Gasteiger partial charge in [0.25, 0.3) is 0 Å². The third-order valence-electron chi connectivity index (χ3n) is 2.39. The molecule has 1 heterocycles. The van der Waals surface area contributed by atoms with E-state index < -0.39 is 6.08 Å². The highest BCUT2D eigenvalue weighted by molar-refractivity contribution is 5.72. The van der Waals surface area contributed by atoms with Gasteiger partial charge in [0.05, 0.1) is 0 Å². The van der Waals surface area contributed by atoms with E-state index in [1.54, 1.807) is 0 Å². The van der Waals surface area contributed by atoms with Crippen LogP contribution in [-0.4, -0.2) is 33.9 Å². The Hall–Kier alpha value is -1.99. The fourth-order valence-electron chi connectivity index (χ4n) is 1.51. The number of hydrogen-bond acceptors (Lipinski definition) is 6. The molecule has 0 aliphatic carbocycles. The number of anilines is 2. The number of aromatic nitrogens is 3. The van der Waals surface area contributed by atoms with Crippen LogP contribution in [0.5, 0.6) is 0 Å². The summed E-state index contributed by atoms with van der Waals surface area (Å²) in [5.41, 5.74) is 5.29. The van der Waals surface area contributed by atoms with Crippen LogP contribution in [0.3, 0.4) is 0 Å². The van der Waals surface area contributed by atoms with E-state index >= 15 is 0 Å². The van der Waals surface area contributed by atoms with Crippen molar-refractivity contribution in [1.29, 1.82) is 0 Å². The fourth-order valence-corrected chi connectivity index (χ4v) is 1.51. The molecule has 19 heavy (non-hydrogen) atoms. The molecule has 0 radical (unpaired) electrons. The van der Waals surface area contributed by atoms with Crippen molar-refractivity contribution >= 4 is 17.8 Å². The Labute approximate surface area is 111 Å². The van der Waals surface area contributed by atoms with Crippen molar-refractivity contribution < 1.29 is 9.18 Å². The normalized spacial score (nSPS) is 10.2. The van der Waals surface area contributed by atoms with Crippen molar-refractivity contribution in [2.24, 2.45) is 0 Å². The Morgan fingerprint density at radius 1 is 1.16 bits per heavy atom. The molecule has 0 fully saturated rings. The minimum absolute atomic E-state index is 0.00359. The quantitative estimate of drug-likeness (QED) is 0.600. The van der Waals surface area contributed by atoms with Crippen LogP contribution in [0.1, 0.15) is 32.6 Å². The molecule has 8 heteroatoms. The fraction of sp³-hybridized carbons (Fsp3) is 0.636. The number of rotatable bonds is 8. The van der Waals surface area contributed by atoms with Crippen LogP contribution >= 0.6 is 0 Å². The number of nitrogens with zero attached hydrogens (tertiary/aromatic N) is 3. The predicted molar refractivity (Wildman–Crippen MR) is 69.8 cm³/mol. The first-order chi connectivity index (χ1) is 9.08. The largest absolute Gasteiger partial charge is 0.368 e. The molecule has 0 aromatic carbocycles. The minimum atomic E-state index is -0.884. The summed E-state index contributed by atoms with van der Waals surface area (Å²) in [4.78, 5) is 21.1. The van der Waals surface area contributed by atoms with Crippen LogP contribution in [0, 0.1) is 6.08 Å². The zero-order chi connectivity index (χ0) is 14.1. The predicted octanol–water partition coefficient (Wildman–Crippen LogP) is 0.701. The molecule has 0 bridgehead atoms. The zero-order valence-corrected chi connectivity index (χ0v) is 10.9. The number of nitrogens with one attached hydrogen (secondary N) is 2. The lowest BCUT2D eigenvalue weighted by Crippen LogP contribution is -2.20. The summed E-state index contributed by atoms with van der Waals surface area (Å²) < 4.78 is 12.8. The van der Waals surface area contributed by atoms with E-state index in [4.69, 9.17) is 5.73 Å². The Bertz CT molecular complexity index is 394. The van der Waals surface area contributed by atoms with Crippen molar-refractivity contribution in [3.05, 3.63) is 6.08 Å². The molecule has 106 valence electrons. The monoisotopic (exact) mass is 270 g/mol. The van der Waals surface area contributed by atoms with Gasteiger partial charge in [-0.2, -0.15) is 19.3 Å². The maximum absolute atomic E-state index is 12.8. The molecule has 0 spiro atoms. The highest BCUT2D eigenvalue weighted by Crippen LogP contribution is 2.03. The van der Waals surface area contributed by atoms with E-state index in [9.17, 15) is 9.18 Å². The number of unbranched alkanes of at least 4 members (excludes halogenated alkanes) is 3. The average molecular weight is 270 g/mol. The van der Waals surface area contributed by atoms with E-state index in [0.717, 1.165) is 25.7 Å². The summed E-state index contributed by atoms with van der Waals surface area (Å²) in [5, 5.41) is 5.62. The van der Waals surface area contributed by atoms with E-state index in [0.29, 0.717) is 13.1 Å². The molecule has 0 aliphatic heterocycles. The van der Waals surface area contributed by atoms with Gasteiger partial charge in [-0.25, -0.2) is 0 Å². The lowest BCUT2D eigenvalue weighted by Gasteiger charge is -2.05. The molecule has 0 saturated heterocycles. The molecule has 0 atom stereocenters. The van der Waals surface area contributed by atoms with Crippen LogP contribution in [0.15, 0.2) is 0 Å². The average Bonchev–Trinajstić information content (AvgIpc) is 2.31. The SMILES string of the molecule is CC(=O)NCCCCCCNc1nc(N)nc(F)n1. The summed E-state index contributed by atoms with van der Waals surface area (Å²) in [6, 6.07) is 0. The standard InChI is InChI=1S/C11H19FN6O/c1-8(19)14-6-4-2-3-5-7-15-11-17-9(12)16-10(13)18-11/h2-7H2,1H3,(H,14,19)(H3,13,15,16,17,18). The van der Waals surface area contributed by atoms with Crippen LogP contribution in [0.2, 0.25) is 0 Å². The summed E-state index contributed by atoms with van der Waals surface area (Å²) in [5.74, 6) is 0.0182. The number of hydrogen-bond donors (Lipinski definition) is 3. The number of nitrogen functional groups attached to an aromatic ring is 1. The van der Waals surface area contributed by atoms with Crippen molar-refractivity contribution in [2.75, 3.05) is 24.1 Å². The van der Waals surface area contributed by atoms with E-state index in [2.05, 4.69) is 25.6 Å². The Morgan fingerprint density at radius 3 is 2.47 bits per heavy atom. The maximum atomic E-state index is 12.8. The second kappa shape index (κ2) is 8.17. The topological polar surface area (TPSA) is 106 Å². The summed E-state index contributed by atoms with van der Waals surface area (Å²) in [6.07, 6.45) is 3.01. The van der Waals surface area contributed by atoms with E-state index in [-0.39, 0.29) is 17.8 Å². The number of nitrogens with two attached hydrogens (primary N) is 1. The van der Waals surface area contributed by atoms with Gasteiger partial charge in [-0.1, -0.05) is 12.8 Å². The van der Waals surface area contributed by atoms with Gasteiger partial charge in [0, 0.05) is 20.0 Å². The summed E-state index contributed by atoms with van der Waals surface area (Å²) in [7, 11) is 0. The Balaban J connectivity index is 2.06. The Morgan fingerprint density at radius 2 is 1.84 bits per heavy atom. The molecule has 1 amide bonds. The lowest BCUT2D eigenvalue weighted by molar-refractivity contribution is -0.118. The van der Waals surface area contributed by atoms with E-state index in [1.165, 1.54) is 6.92 Å². The highest BCUT2D eigenvalue weighted by atomic mass is 19.1. The second-order valence-corrected chi connectivity index (χ2v) is 4.11. The Kier molecular flexibility index (Phi) is 6.48. The van der Waals surface area contributed by atoms with Crippen LogP contribution < -0.4 is 16.4 Å². The highest BCUT2D eigenvalue weighted by Gasteiger charge is 2.02. The molecular formula is C11H19FN6O. The smallest absolute Gasteiger partial charge is 0.315 e. The molecule has 0 unspecified atom stereocenters. The maximum Gasteiger partial charge on any atom is 0.315 e. The molecule has 7 nitrogen and oxygen atoms in total. The van der Waals surface area contributed by atoms with Crippen LogP contribution in [0.4, 0.5) is 16.3 Å². The summed E-state index contributed by atoms with van der Waals surface area (Å²) >= 11 is 0. The van der Waals surface area contributed by atoms with Gasteiger partial charge in [-0.15, -0.1) is 0 Å². The first kappa shape index (κ1) is 15.1. The third kappa shape index (κ3) is 7.12. The second-order valence-electron chi connectivity index (χ2n) is 4.11. The van der Waals surface area contributed by atoms with Gasteiger partial charge >= 0.3 is 6.08 Å². The lowest BCUT2D eigenvalue weighted by atomic mass is 10.2. The number of halogens is 1. The zero-order valence-electron chi connectivity index (χ0n) is 10.9. The molecule has 1 aromatic rings. The van der Waals surface area contributed by atoms with Gasteiger partial charge in [0.2, 0.25) is 17.8 Å². The van der Waals surface area contributed by atoms with Gasteiger partial charge in [0.15, 0.2) is 0 Å². The number of carbonyl (C=O) groups excluding carboxylic acids is 1. The van der Waals surface area contributed by atoms with Crippen molar-refractivity contribution in [2.45, 2.75) is 32.6 Å². The van der Waals surface area contributed by atoms with Crippen molar-refractivity contribution in [1.82, 2.24) is 20.3 Å². The molecular weight excluding hydrogens is 251 g/mol. The van der Waals surface area contributed by atoms with Crippen molar-refractivity contribution in [3.8, 4) is 0 Å². The first-order valence-corrected chi connectivity index (χ1v) is 6.23. The van der Waals surface area contributed by atoms with Gasteiger partial charge in [0.1, 0.15) is 0 Å². The number of carbonyl (C=O) groups is 1. The van der Waals surface area contributed by atoms with Crippen LogP contribution in [-0.2, 0) is 4.79 Å². The minimum Gasteiger partial charge on any atom is -0.368 e. The van der Waals surface area contributed by atoms with E-state index in [1.807, 2.05) is 0 Å². The molecule has 0 saturated carbocycles.